The second-order valence-corrected chi connectivity index (χ2v) is 8.00. The van der Waals surface area contributed by atoms with Crippen LogP contribution < -0.4 is 10.6 Å². The van der Waals surface area contributed by atoms with E-state index in [1.54, 1.807) is 17.2 Å². The standard InChI is InChI=1S/C20H23ClFN7O2/c1-11(2)27-20(30)29-3-4-31-13(10-29)7-24-19-16(22)9-26-18(28-19)15-8-25-17-14(15)5-12(21)6-23-17/h5-6,8-9,11,13H,3-4,7,10H2,1-2H3,(H,23,25)(H,27,30)(H,24,26,28). The number of urea groups is 1. The van der Waals surface area contributed by atoms with Gasteiger partial charge in [0.15, 0.2) is 17.5 Å². The average molecular weight is 448 g/mol. The van der Waals surface area contributed by atoms with Crippen molar-refractivity contribution in [1.29, 1.82) is 0 Å². The van der Waals surface area contributed by atoms with Gasteiger partial charge in [-0.25, -0.2) is 24.1 Å². The van der Waals surface area contributed by atoms with Crippen molar-refractivity contribution in [1.82, 2.24) is 30.2 Å². The second-order valence-electron chi connectivity index (χ2n) is 7.57. The Bertz CT molecular complexity index is 1090. The molecule has 1 aliphatic heterocycles. The van der Waals surface area contributed by atoms with E-state index in [0.717, 1.165) is 11.6 Å². The summed E-state index contributed by atoms with van der Waals surface area (Å²) in [5.41, 5.74) is 1.30. The van der Waals surface area contributed by atoms with Crippen molar-refractivity contribution >= 4 is 34.5 Å². The molecular weight excluding hydrogens is 425 g/mol. The zero-order valence-corrected chi connectivity index (χ0v) is 17.9. The first-order valence-corrected chi connectivity index (χ1v) is 10.3. The smallest absolute Gasteiger partial charge is 0.317 e. The molecule has 3 aromatic rings. The van der Waals surface area contributed by atoms with Gasteiger partial charge in [-0.3, -0.25) is 0 Å². The van der Waals surface area contributed by atoms with Crippen molar-refractivity contribution in [2.24, 2.45) is 0 Å². The summed E-state index contributed by atoms with van der Waals surface area (Å²) in [5.74, 6) is -0.187. The first-order chi connectivity index (χ1) is 14.9. The van der Waals surface area contributed by atoms with Gasteiger partial charge in [-0.15, -0.1) is 0 Å². The molecule has 0 saturated carbocycles. The topological polar surface area (TPSA) is 108 Å². The fraction of sp³-hybridized carbons (Fsp3) is 0.400. The number of amides is 2. The highest BCUT2D eigenvalue weighted by molar-refractivity contribution is 6.31. The lowest BCUT2D eigenvalue weighted by atomic mass is 10.2. The molecule has 164 valence electrons. The number of pyridine rings is 1. The van der Waals surface area contributed by atoms with Gasteiger partial charge in [0.25, 0.3) is 0 Å². The van der Waals surface area contributed by atoms with Gasteiger partial charge >= 0.3 is 6.03 Å². The fourth-order valence-corrected chi connectivity index (χ4v) is 3.52. The first kappa shape index (κ1) is 21.3. The summed E-state index contributed by atoms with van der Waals surface area (Å²) in [7, 11) is 0. The zero-order chi connectivity index (χ0) is 22.0. The van der Waals surface area contributed by atoms with Gasteiger partial charge in [0, 0.05) is 42.5 Å². The fourth-order valence-electron chi connectivity index (χ4n) is 3.36. The van der Waals surface area contributed by atoms with Crippen LogP contribution in [0.4, 0.5) is 15.0 Å². The number of morpholine rings is 1. The SMILES string of the molecule is CC(C)NC(=O)N1CCOC(CNc2nc(-c3c[nH]c4ncc(Cl)cc34)ncc2F)C1. The highest BCUT2D eigenvalue weighted by Crippen LogP contribution is 2.28. The van der Waals surface area contributed by atoms with Crippen LogP contribution in [0.25, 0.3) is 22.4 Å². The van der Waals surface area contributed by atoms with E-state index in [1.807, 2.05) is 13.8 Å². The van der Waals surface area contributed by atoms with Gasteiger partial charge in [-0.05, 0) is 19.9 Å². The second kappa shape index (κ2) is 9.03. The summed E-state index contributed by atoms with van der Waals surface area (Å²) in [5, 5.41) is 7.08. The van der Waals surface area contributed by atoms with Gasteiger partial charge in [-0.2, -0.15) is 0 Å². The van der Waals surface area contributed by atoms with Crippen LogP contribution in [-0.2, 0) is 4.74 Å². The van der Waals surface area contributed by atoms with Crippen LogP contribution in [0.15, 0.2) is 24.7 Å². The quantitative estimate of drug-likeness (QED) is 0.554. The molecule has 3 aromatic heterocycles. The minimum atomic E-state index is -0.579. The molecule has 0 aliphatic carbocycles. The van der Waals surface area contributed by atoms with Crippen molar-refractivity contribution in [3.05, 3.63) is 35.5 Å². The number of ether oxygens (including phenoxy) is 1. The molecule has 2 amide bonds. The number of rotatable bonds is 5. The Balaban J connectivity index is 1.47. The minimum Gasteiger partial charge on any atom is -0.373 e. The van der Waals surface area contributed by atoms with Crippen molar-refractivity contribution < 1.29 is 13.9 Å². The number of hydrogen-bond acceptors (Lipinski definition) is 6. The molecular formula is C20H23ClFN7O2. The third-order valence-electron chi connectivity index (χ3n) is 4.82. The van der Waals surface area contributed by atoms with Crippen molar-refractivity contribution in [3.8, 4) is 11.4 Å². The predicted molar refractivity (Wildman–Crippen MR) is 116 cm³/mol. The third-order valence-corrected chi connectivity index (χ3v) is 5.02. The Hall–Kier alpha value is -2.98. The number of fused-ring (bicyclic) bond motifs is 1. The van der Waals surface area contributed by atoms with E-state index in [4.69, 9.17) is 16.3 Å². The molecule has 9 nitrogen and oxygen atoms in total. The van der Waals surface area contributed by atoms with E-state index < -0.39 is 5.82 Å². The molecule has 1 aliphatic rings. The highest BCUT2D eigenvalue weighted by atomic mass is 35.5. The molecule has 0 radical (unpaired) electrons. The summed E-state index contributed by atoms with van der Waals surface area (Å²) in [6.07, 6.45) is 4.07. The molecule has 1 atom stereocenters. The molecule has 3 N–H and O–H groups in total. The molecule has 1 unspecified atom stereocenters. The number of hydrogen-bond donors (Lipinski definition) is 3. The molecule has 4 heterocycles. The monoisotopic (exact) mass is 447 g/mol. The number of aromatic nitrogens is 4. The molecule has 0 bridgehead atoms. The van der Waals surface area contributed by atoms with E-state index in [1.165, 1.54) is 6.20 Å². The van der Waals surface area contributed by atoms with E-state index >= 15 is 0 Å². The van der Waals surface area contributed by atoms with E-state index in [-0.39, 0.29) is 24.0 Å². The number of carbonyl (C=O) groups excluding carboxylic acids is 1. The van der Waals surface area contributed by atoms with Crippen molar-refractivity contribution in [3.63, 3.8) is 0 Å². The molecule has 1 saturated heterocycles. The van der Waals surface area contributed by atoms with Crippen LogP contribution in [0.5, 0.6) is 0 Å². The third kappa shape index (κ3) is 4.86. The lowest BCUT2D eigenvalue weighted by Crippen LogP contribution is -2.52. The molecule has 0 aromatic carbocycles. The molecule has 11 heteroatoms. The number of carbonyl (C=O) groups is 1. The Labute approximate surface area is 183 Å². The number of H-pyrrole nitrogens is 1. The van der Waals surface area contributed by atoms with Crippen LogP contribution in [0.3, 0.4) is 0 Å². The number of nitrogens with one attached hydrogen (secondary N) is 3. The average Bonchev–Trinajstić information content (AvgIpc) is 3.16. The van der Waals surface area contributed by atoms with E-state index in [2.05, 4.69) is 30.6 Å². The van der Waals surface area contributed by atoms with Crippen LogP contribution in [-0.4, -0.2) is 69.3 Å². The lowest BCUT2D eigenvalue weighted by Gasteiger charge is -2.33. The largest absolute Gasteiger partial charge is 0.373 e. The molecule has 0 spiro atoms. The Kier molecular flexibility index (Phi) is 6.19. The van der Waals surface area contributed by atoms with E-state index in [9.17, 15) is 9.18 Å². The van der Waals surface area contributed by atoms with Gasteiger partial charge in [0.1, 0.15) is 5.65 Å². The van der Waals surface area contributed by atoms with Crippen molar-refractivity contribution in [2.45, 2.75) is 26.0 Å². The Morgan fingerprint density at radius 2 is 2.26 bits per heavy atom. The summed E-state index contributed by atoms with van der Waals surface area (Å²) in [6.45, 7) is 5.43. The van der Waals surface area contributed by atoms with Crippen LogP contribution in [0.1, 0.15) is 13.8 Å². The summed E-state index contributed by atoms with van der Waals surface area (Å²) in [4.78, 5) is 29.6. The highest BCUT2D eigenvalue weighted by Gasteiger charge is 2.25. The predicted octanol–water partition coefficient (Wildman–Crippen LogP) is 3.04. The maximum absolute atomic E-state index is 14.3. The van der Waals surface area contributed by atoms with E-state index in [0.29, 0.717) is 48.3 Å². The first-order valence-electron chi connectivity index (χ1n) is 9.97. The van der Waals surface area contributed by atoms with Gasteiger partial charge in [-0.1, -0.05) is 11.6 Å². The van der Waals surface area contributed by atoms with Gasteiger partial charge in [0.05, 0.1) is 30.5 Å². The Morgan fingerprint density at radius 3 is 3.06 bits per heavy atom. The van der Waals surface area contributed by atoms with Crippen LogP contribution >= 0.6 is 11.6 Å². The minimum absolute atomic E-state index is 0.0510. The number of anilines is 1. The zero-order valence-electron chi connectivity index (χ0n) is 17.2. The van der Waals surface area contributed by atoms with Gasteiger partial charge < -0.3 is 25.3 Å². The molecule has 31 heavy (non-hydrogen) atoms. The molecule has 4 rings (SSSR count). The summed E-state index contributed by atoms with van der Waals surface area (Å²) < 4.78 is 20.1. The number of nitrogens with zero attached hydrogens (tertiary/aromatic N) is 4. The van der Waals surface area contributed by atoms with Crippen LogP contribution in [0, 0.1) is 5.82 Å². The van der Waals surface area contributed by atoms with Gasteiger partial charge in [0.2, 0.25) is 0 Å². The Morgan fingerprint density at radius 1 is 1.42 bits per heavy atom. The summed E-state index contributed by atoms with van der Waals surface area (Å²) >= 11 is 6.05. The maximum atomic E-state index is 14.3. The normalized spacial score (nSPS) is 16.7. The maximum Gasteiger partial charge on any atom is 0.317 e. The summed E-state index contributed by atoms with van der Waals surface area (Å²) in [6, 6.07) is 1.67. The molecule has 1 fully saturated rings. The van der Waals surface area contributed by atoms with Crippen LogP contribution in [0.2, 0.25) is 5.02 Å². The lowest BCUT2D eigenvalue weighted by molar-refractivity contribution is -0.00679. The van der Waals surface area contributed by atoms with Crippen molar-refractivity contribution in [2.75, 3.05) is 31.6 Å². The number of halogens is 2. The number of aromatic amines is 1.